The summed E-state index contributed by atoms with van der Waals surface area (Å²) in [6.45, 7) is 5.93. The molecule has 0 aliphatic rings. The van der Waals surface area contributed by atoms with E-state index in [1.54, 1.807) is 17.4 Å². The van der Waals surface area contributed by atoms with Crippen LogP contribution < -0.4 is 0 Å². The Kier molecular flexibility index (Phi) is 4.31. The van der Waals surface area contributed by atoms with Gasteiger partial charge in [0.15, 0.2) is 11.5 Å². The first-order chi connectivity index (χ1) is 7.66. The Bertz CT molecular complexity index is 466. The lowest BCUT2D eigenvalue weighted by atomic mass is 10.1. The van der Waals surface area contributed by atoms with E-state index in [0.717, 1.165) is 16.3 Å². The molecule has 4 heteroatoms. The molecule has 0 bridgehead atoms. The summed E-state index contributed by atoms with van der Waals surface area (Å²) in [6, 6.07) is 4.69. The van der Waals surface area contributed by atoms with Gasteiger partial charge in [-0.25, -0.2) is 4.98 Å². The maximum Gasteiger partial charge on any atom is 0.158 e. The molecular weight excluding hydrogens is 222 g/mol. The van der Waals surface area contributed by atoms with Crippen molar-refractivity contribution >= 4 is 11.3 Å². The number of aromatic nitrogens is 1. The fourth-order valence-corrected chi connectivity index (χ4v) is 1.80. The van der Waals surface area contributed by atoms with Gasteiger partial charge in [0.2, 0.25) is 0 Å². The normalized spacial score (nSPS) is 9.44. The zero-order valence-corrected chi connectivity index (χ0v) is 10.4. The first-order valence-electron chi connectivity index (χ1n) is 5.11. The second kappa shape index (κ2) is 5.51. The van der Waals surface area contributed by atoms with E-state index >= 15 is 0 Å². The van der Waals surface area contributed by atoms with Gasteiger partial charge in [-0.3, -0.25) is 0 Å². The van der Waals surface area contributed by atoms with Crippen molar-refractivity contribution in [3.05, 3.63) is 28.6 Å². The molecule has 0 amide bonds. The standard InChI is InChI=1S/C10H9NO2S.C2H6/c1-6-11-8(5-14-6)7-2-3-9(12)10(13)4-7;1-2/h2-5,12-13H,1H3;1-2H3. The summed E-state index contributed by atoms with van der Waals surface area (Å²) in [7, 11) is 0. The van der Waals surface area contributed by atoms with E-state index in [1.807, 2.05) is 26.2 Å². The van der Waals surface area contributed by atoms with Crippen molar-refractivity contribution in [3.63, 3.8) is 0 Å². The highest BCUT2D eigenvalue weighted by Crippen LogP contribution is 2.30. The molecule has 0 fully saturated rings. The molecule has 0 atom stereocenters. The molecule has 1 heterocycles. The van der Waals surface area contributed by atoms with Gasteiger partial charge in [0.25, 0.3) is 0 Å². The minimum atomic E-state index is -0.117. The number of aromatic hydroxyl groups is 2. The Morgan fingerprint density at radius 1 is 1.12 bits per heavy atom. The molecule has 86 valence electrons. The van der Waals surface area contributed by atoms with Crippen LogP contribution in [0.5, 0.6) is 11.5 Å². The Morgan fingerprint density at radius 3 is 2.31 bits per heavy atom. The summed E-state index contributed by atoms with van der Waals surface area (Å²) in [5.74, 6) is -0.228. The van der Waals surface area contributed by atoms with Crippen LogP contribution in [0.4, 0.5) is 0 Å². The van der Waals surface area contributed by atoms with Crippen molar-refractivity contribution in [2.24, 2.45) is 0 Å². The third kappa shape index (κ3) is 2.73. The molecule has 3 nitrogen and oxygen atoms in total. The second-order valence-corrected chi connectivity index (χ2v) is 4.02. The van der Waals surface area contributed by atoms with E-state index in [1.165, 1.54) is 12.1 Å². The number of hydrogen-bond acceptors (Lipinski definition) is 4. The van der Waals surface area contributed by atoms with Gasteiger partial charge in [-0.15, -0.1) is 11.3 Å². The van der Waals surface area contributed by atoms with E-state index < -0.39 is 0 Å². The predicted octanol–water partition coefficient (Wildman–Crippen LogP) is 3.56. The lowest BCUT2D eigenvalue weighted by molar-refractivity contribution is 0.404. The zero-order valence-electron chi connectivity index (χ0n) is 9.56. The minimum Gasteiger partial charge on any atom is -0.504 e. The molecule has 1 aromatic carbocycles. The number of rotatable bonds is 1. The van der Waals surface area contributed by atoms with Crippen molar-refractivity contribution < 1.29 is 10.2 Å². The lowest BCUT2D eigenvalue weighted by Gasteiger charge is -1.99. The molecule has 0 aliphatic carbocycles. The maximum absolute atomic E-state index is 9.29. The van der Waals surface area contributed by atoms with E-state index in [4.69, 9.17) is 5.11 Å². The van der Waals surface area contributed by atoms with Crippen LogP contribution in [-0.4, -0.2) is 15.2 Å². The number of aryl methyl sites for hydroxylation is 1. The highest BCUT2D eigenvalue weighted by molar-refractivity contribution is 7.09. The van der Waals surface area contributed by atoms with E-state index in [9.17, 15) is 5.11 Å². The number of hydrogen-bond donors (Lipinski definition) is 2. The van der Waals surface area contributed by atoms with Crippen molar-refractivity contribution in [3.8, 4) is 22.8 Å². The third-order valence-corrected chi connectivity index (χ3v) is 2.66. The van der Waals surface area contributed by atoms with Crippen LogP contribution in [-0.2, 0) is 0 Å². The van der Waals surface area contributed by atoms with Crippen molar-refractivity contribution in [1.82, 2.24) is 4.98 Å². The SMILES string of the molecule is CC.Cc1nc(-c2ccc(O)c(O)c2)cs1. The minimum absolute atomic E-state index is 0.110. The Hall–Kier alpha value is -1.55. The number of thiazole rings is 1. The van der Waals surface area contributed by atoms with Crippen LogP contribution in [0, 0.1) is 6.92 Å². The van der Waals surface area contributed by atoms with Crippen LogP contribution >= 0.6 is 11.3 Å². The molecule has 2 rings (SSSR count). The quantitative estimate of drug-likeness (QED) is 0.746. The second-order valence-electron chi connectivity index (χ2n) is 2.96. The summed E-state index contributed by atoms with van der Waals surface area (Å²) < 4.78 is 0. The van der Waals surface area contributed by atoms with Crippen LogP contribution in [0.25, 0.3) is 11.3 Å². The molecule has 16 heavy (non-hydrogen) atoms. The van der Waals surface area contributed by atoms with Crippen LogP contribution in [0.15, 0.2) is 23.6 Å². The van der Waals surface area contributed by atoms with Gasteiger partial charge in [-0.2, -0.15) is 0 Å². The van der Waals surface area contributed by atoms with Crippen molar-refractivity contribution in [2.75, 3.05) is 0 Å². The smallest absolute Gasteiger partial charge is 0.158 e. The molecule has 0 unspecified atom stereocenters. The average molecular weight is 237 g/mol. The number of nitrogens with zero attached hydrogens (tertiary/aromatic N) is 1. The Morgan fingerprint density at radius 2 is 1.81 bits per heavy atom. The van der Waals surface area contributed by atoms with E-state index in [-0.39, 0.29) is 11.5 Å². The van der Waals surface area contributed by atoms with Gasteiger partial charge >= 0.3 is 0 Å². The molecule has 1 aromatic heterocycles. The van der Waals surface area contributed by atoms with Crippen LogP contribution in [0.2, 0.25) is 0 Å². The van der Waals surface area contributed by atoms with Gasteiger partial charge in [0.05, 0.1) is 10.7 Å². The predicted molar refractivity (Wildman–Crippen MR) is 67.0 cm³/mol. The Balaban J connectivity index is 0.000000606. The molecule has 0 aliphatic heterocycles. The highest BCUT2D eigenvalue weighted by atomic mass is 32.1. The van der Waals surface area contributed by atoms with Gasteiger partial charge in [-0.1, -0.05) is 13.8 Å². The van der Waals surface area contributed by atoms with Gasteiger partial charge in [0, 0.05) is 10.9 Å². The molecule has 2 N–H and O–H groups in total. The first kappa shape index (κ1) is 12.5. The summed E-state index contributed by atoms with van der Waals surface area (Å²) in [4.78, 5) is 4.28. The number of benzene rings is 1. The lowest BCUT2D eigenvalue weighted by Crippen LogP contribution is -1.78. The summed E-state index contributed by atoms with van der Waals surface area (Å²) in [5.41, 5.74) is 1.63. The van der Waals surface area contributed by atoms with Gasteiger partial charge < -0.3 is 10.2 Å². The molecular formula is C12H15NO2S. The number of phenolic OH excluding ortho intramolecular Hbond substituents is 2. The van der Waals surface area contributed by atoms with Crippen LogP contribution in [0.1, 0.15) is 18.9 Å². The summed E-state index contributed by atoms with van der Waals surface area (Å²) in [5, 5.41) is 21.3. The molecule has 2 aromatic rings. The molecule has 0 spiro atoms. The third-order valence-electron chi connectivity index (χ3n) is 1.89. The number of phenols is 2. The van der Waals surface area contributed by atoms with Crippen molar-refractivity contribution in [1.29, 1.82) is 0 Å². The Labute approximate surface area is 99.0 Å². The fraction of sp³-hybridized carbons (Fsp3) is 0.250. The first-order valence-corrected chi connectivity index (χ1v) is 5.99. The monoisotopic (exact) mass is 237 g/mol. The highest BCUT2D eigenvalue weighted by Gasteiger charge is 2.05. The van der Waals surface area contributed by atoms with Gasteiger partial charge in [0.1, 0.15) is 0 Å². The average Bonchev–Trinajstić information content (AvgIpc) is 2.72. The van der Waals surface area contributed by atoms with E-state index in [2.05, 4.69) is 4.98 Å². The van der Waals surface area contributed by atoms with Gasteiger partial charge in [-0.05, 0) is 25.1 Å². The summed E-state index contributed by atoms with van der Waals surface area (Å²) in [6.07, 6.45) is 0. The topological polar surface area (TPSA) is 53.4 Å². The van der Waals surface area contributed by atoms with E-state index in [0.29, 0.717) is 0 Å². The fourth-order valence-electron chi connectivity index (χ4n) is 1.18. The molecule has 0 saturated heterocycles. The maximum atomic E-state index is 9.29. The van der Waals surface area contributed by atoms with Crippen molar-refractivity contribution in [2.45, 2.75) is 20.8 Å². The molecule has 0 radical (unpaired) electrons. The molecule has 0 saturated carbocycles. The summed E-state index contributed by atoms with van der Waals surface area (Å²) >= 11 is 1.55. The largest absolute Gasteiger partial charge is 0.504 e. The van der Waals surface area contributed by atoms with Crippen LogP contribution in [0.3, 0.4) is 0 Å². The zero-order chi connectivity index (χ0) is 12.1.